The normalized spacial score (nSPS) is 13.7. The lowest BCUT2D eigenvalue weighted by atomic mass is 9.74. The van der Waals surface area contributed by atoms with E-state index in [-0.39, 0.29) is 5.92 Å². The molecule has 1 nitrogen and oxygen atoms in total. The number of benzene rings is 2. The molecule has 1 atom stereocenters. The lowest BCUT2D eigenvalue weighted by Gasteiger charge is -2.34. The third-order valence-corrected chi connectivity index (χ3v) is 6.75. The minimum absolute atomic E-state index is 0.141. The average molecular weight is 377 g/mol. The molecule has 0 fully saturated rings. The highest BCUT2D eigenvalue weighted by Crippen LogP contribution is 2.47. The molecule has 0 aliphatic heterocycles. The molecule has 0 saturated heterocycles. The van der Waals surface area contributed by atoms with Crippen LogP contribution in [0.2, 0.25) is 0 Å². The van der Waals surface area contributed by atoms with Crippen LogP contribution >= 0.6 is 22.7 Å². The van der Waals surface area contributed by atoms with Crippen molar-refractivity contribution < 1.29 is 5.11 Å². The first kappa shape index (κ1) is 17.2. The zero-order chi connectivity index (χ0) is 18.0. The first-order chi connectivity index (χ1) is 12.7. The van der Waals surface area contributed by atoms with Gasteiger partial charge in [0.05, 0.1) is 10.5 Å². The molecule has 2 heterocycles. The van der Waals surface area contributed by atoms with E-state index in [1.165, 1.54) is 4.88 Å². The lowest BCUT2D eigenvalue weighted by Crippen LogP contribution is -2.31. The Balaban J connectivity index is 1.87. The van der Waals surface area contributed by atoms with Crippen LogP contribution in [-0.4, -0.2) is 5.11 Å². The van der Waals surface area contributed by atoms with E-state index in [0.717, 1.165) is 21.6 Å². The average Bonchev–Trinajstić information content (AvgIpc) is 3.35. The fraction of sp³-hybridized carbons (Fsp3) is 0.130. The molecule has 3 heteroatoms. The van der Waals surface area contributed by atoms with E-state index in [9.17, 15) is 5.11 Å². The van der Waals surface area contributed by atoms with Crippen LogP contribution in [-0.2, 0) is 5.60 Å². The molecule has 130 valence electrons. The number of rotatable bonds is 5. The smallest absolute Gasteiger partial charge is 0.0991 e. The van der Waals surface area contributed by atoms with Crippen LogP contribution in [0.5, 0.6) is 0 Å². The van der Waals surface area contributed by atoms with E-state index in [0.29, 0.717) is 0 Å². The Morgan fingerprint density at radius 2 is 1.35 bits per heavy atom. The summed E-state index contributed by atoms with van der Waals surface area (Å²) in [6.07, 6.45) is 0. The molecule has 0 aliphatic carbocycles. The van der Waals surface area contributed by atoms with Crippen molar-refractivity contribution >= 4 is 22.7 Å². The van der Waals surface area contributed by atoms with Crippen molar-refractivity contribution in [2.24, 2.45) is 0 Å². The van der Waals surface area contributed by atoms with Crippen molar-refractivity contribution in [3.8, 4) is 9.75 Å². The summed E-state index contributed by atoms with van der Waals surface area (Å²) in [6, 6.07) is 26.8. The molecule has 2 aromatic carbocycles. The van der Waals surface area contributed by atoms with Crippen LogP contribution in [0, 0.1) is 0 Å². The van der Waals surface area contributed by atoms with Gasteiger partial charge in [-0.15, -0.1) is 22.7 Å². The van der Waals surface area contributed by atoms with Crippen LogP contribution in [0.4, 0.5) is 0 Å². The lowest BCUT2D eigenvalue weighted by molar-refractivity contribution is 0.0402. The van der Waals surface area contributed by atoms with E-state index < -0.39 is 5.60 Å². The summed E-state index contributed by atoms with van der Waals surface area (Å²) in [4.78, 5) is 2.36. The second-order valence-electron chi connectivity index (χ2n) is 6.54. The van der Waals surface area contributed by atoms with Gasteiger partial charge < -0.3 is 5.11 Å². The number of hydrogen-bond acceptors (Lipinski definition) is 3. The number of thiophene rings is 2. The van der Waals surface area contributed by atoms with Gasteiger partial charge in [0.25, 0.3) is 0 Å². The van der Waals surface area contributed by atoms with Gasteiger partial charge in [0.1, 0.15) is 0 Å². The zero-order valence-corrected chi connectivity index (χ0v) is 16.1. The van der Waals surface area contributed by atoms with Gasteiger partial charge in [0, 0.05) is 16.4 Å². The van der Waals surface area contributed by atoms with Crippen molar-refractivity contribution in [1.82, 2.24) is 0 Å². The molecule has 0 radical (unpaired) electrons. The standard InChI is InChI=1S/C23H20OS2/c1-23(24,19-14-16-26-22(19)20-13-8-15-25-20)21(17-9-4-2-5-10-17)18-11-6-3-7-12-18/h2-16,21,24H,1H3. The molecule has 26 heavy (non-hydrogen) atoms. The van der Waals surface area contributed by atoms with E-state index in [1.807, 2.05) is 43.3 Å². The molecule has 1 unspecified atom stereocenters. The Morgan fingerprint density at radius 1 is 0.731 bits per heavy atom. The molecule has 0 saturated carbocycles. The molecule has 0 spiro atoms. The summed E-state index contributed by atoms with van der Waals surface area (Å²) in [5, 5.41) is 16.0. The van der Waals surface area contributed by atoms with Crippen LogP contribution in [0.15, 0.2) is 89.6 Å². The molecule has 4 rings (SSSR count). The molecule has 1 N–H and O–H groups in total. The van der Waals surface area contributed by atoms with E-state index >= 15 is 0 Å². The van der Waals surface area contributed by atoms with Gasteiger partial charge in [0.2, 0.25) is 0 Å². The molecule has 2 aromatic heterocycles. The molecule has 0 bridgehead atoms. The van der Waals surface area contributed by atoms with E-state index in [1.54, 1.807) is 22.7 Å². The van der Waals surface area contributed by atoms with Crippen molar-refractivity contribution in [2.45, 2.75) is 18.4 Å². The van der Waals surface area contributed by atoms with Gasteiger partial charge in [-0.25, -0.2) is 0 Å². The Morgan fingerprint density at radius 3 is 1.88 bits per heavy atom. The fourth-order valence-corrected chi connectivity index (χ4v) is 5.49. The summed E-state index contributed by atoms with van der Waals surface area (Å²) in [5.41, 5.74) is 2.20. The second-order valence-corrected chi connectivity index (χ2v) is 8.41. The minimum Gasteiger partial charge on any atom is -0.384 e. The van der Waals surface area contributed by atoms with Crippen LogP contribution in [0.1, 0.15) is 29.5 Å². The predicted molar refractivity (Wildman–Crippen MR) is 112 cm³/mol. The Bertz CT molecular complexity index is 914. The van der Waals surface area contributed by atoms with Gasteiger partial charge in [-0.05, 0) is 40.9 Å². The Labute approximate surface area is 162 Å². The molecular formula is C23H20OS2. The van der Waals surface area contributed by atoms with Crippen LogP contribution in [0.25, 0.3) is 9.75 Å². The highest BCUT2D eigenvalue weighted by molar-refractivity contribution is 7.20. The van der Waals surface area contributed by atoms with Crippen molar-refractivity contribution in [3.05, 3.63) is 106 Å². The Hall–Kier alpha value is -2.20. The largest absolute Gasteiger partial charge is 0.384 e. The highest BCUT2D eigenvalue weighted by Gasteiger charge is 2.38. The molecule has 0 amide bonds. The van der Waals surface area contributed by atoms with Gasteiger partial charge in [0.15, 0.2) is 0 Å². The molecule has 4 aromatic rings. The van der Waals surface area contributed by atoms with Gasteiger partial charge in [-0.2, -0.15) is 0 Å². The third-order valence-electron chi connectivity index (χ3n) is 4.78. The van der Waals surface area contributed by atoms with Crippen molar-refractivity contribution in [3.63, 3.8) is 0 Å². The summed E-state index contributed by atoms with van der Waals surface area (Å²) in [5.74, 6) is -0.141. The first-order valence-electron chi connectivity index (χ1n) is 8.62. The number of hydrogen-bond donors (Lipinski definition) is 1. The van der Waals surface area contributed by atoms with Crippen molar-refractivity contribution in [2.75, 3.05) is 0 Å². The molecular weight excluding hydrogens is 356 g/mol. The predicted octanol–water partition coefficient (Wildman–Crippen LogP) is 6.52. The van der Waals surface area contributed by atoms with Crippen LogP contribution in [0.3, 0.4) is 0 Å². The summed E-state index contributed by atoms with van der Waals surface area (Å²) in [6.45, 7) is 1.94. The monoisotopic (exact) mass is 376 g/mol. The Kier molecular flexibility index (Phi) is 4.77. The van der Waals surface area contributed by atoms with Crippen LogP contribution < -0.4 is 0 Å². The topological polar surface area (TPSA) is 20.2 Å². The van der Waals surface area contributed by atoms with Gasteiger partial charge in [-0.3, -0.25) is 0 Å². The third kappa shape index (κ3) is 3.14. The maximum atomic E-state index is 11.8. The maximum Gasteiger partial charge on any atom is 0.0991 e. The summed E-state index contributed by atoms with van der Waals surface area (Å²) < 4.78 is 0. The summed E-state index contributed by atoms with van der Waals surface area (Å²) in [7, 11) is 0. The quantitative estimate of drug-likeness (QED) is 0.420. The van der Waals surface area contributed by atoms with Gasteiger partial charge >= 0.3 is 0 Å². The summed E-state index contributed by atoms with van der Waals surface area (Å²) >= 11 is 3.41. The molecule has 0 aliphatic rings. The van der Waals surface area contributed by atoms with E-state index in [2.05, 4.69) is 53.2 Å². The van der Waals surface area contributed by atoms with E-state index in [4.69, 9.17) is 0 Å². The van der Waals surface area contributed by atoms with Crippen molar-refractivity contribution in [1.29, 1.82) is 0 Å². The zero-order valence-electron chi connectivity index (χ0n) is 14.5. The first-order valence-corrected chi connectivity index (χ1v) is 10.4. The number of aliphatic hydroxyl groups is 1. The highest BCUT2D eigenvalue weighted by atomic mass is 32.1. The maximum absolute atomic E-state index is 11.8. The second kappa shape index (κ2) is 7.20. The minimum atomic E-state index is -1.03. The van der Waals surface area contributed by atoms with Gasteiger partial charge in [-0.1, -0.05) is 66.7 Å². The SMILES string of the molecule is CC(O)(c1ccsc1-c1cccs1)C(c1ccccc1)c1ccccc1. The fourth-order valence-electron chi connectivity index (χ4n) is 3.59.